The average Bonchev–Trinajstić information content (AvgIpc) is 2.45. The first kappa shape index (κ1) is 16.2. The molecule has 1 N–H and O–H groups in total. The molecular formula is C16H15Cl2F2N. The molecule has 112 valence electrons. The third-order valence-corrected chi connectivity index (χ3v) is 4.06. The van der Waals surface area contributed by atoms with Crippen molar-refractivity contribution in [2.75, 3.05) is 7.05 Å². The Morgan fingerprint density at radius 2 is 1.81 bits per heavy atom. The van der Waals surface area contributed by atoms with Crippen LogP contribution in [0, 0.1) is 18.6 Å². The fourth-order valence-electron chi connectivity index (χ4n) is 2.20. The van der Waals surface area contributed by atoms with E-state index in [9.17, 15) is 8.78 Å². The highest BCUT2D eigenvalue weighted by Crippen LogP contribution is 2.28. The van der Waals surface area contributed by atoms with Gasteiger partial charge in [0.2, 0.25) is 0 Å². The fraction of sp³-hybridized carbons (Fsp3) is 0.250. The molecule has 0 aliphatic rings. The van der Waals surface area contributed by atoms with Gasteiger partial charge in [-0.05, 0) is 43.7 Å². The van der Waals surface area contributed by atoms with Crippen LogP contribution in [0.5, 0.6) is 0 Å². The molecule has 0 aliphatic carbocycles. The van der Waals surface area contributed by atoms with Crippen LogP contribution in [0.2, 0.25) is 10.0 Å². The predicted molar refractivity (Wildman–Crippen MR) is 83.1 cm³/mol. The van der Waals surface area contributed by atoms with Gasteiger partial charge in [-0.25, -0.2) is 8.78 Å². The number of hydrogen-bond donors (Lipinski definition) is 1. The Kier molecular flexibility index (Phi) is 5.20. The van der Waals surface area contributed by atoms with Gasteiger partial charge < -0.3 is 5.32 Å². The van der Waals surface area contributed by atoms with Crippen molar-refractivity contribution >= 4 is 23.2 Å². The number of rotatable bonds is 4. The second-order valence-electron chi connectivity index (χ2n) is 4.88. The van der Waals surface area contributed by atoms with E-state index < -0.39 is 11.6 Å². The van der Waals surface area contributed by atoms with Crippen molar-refractivity contribution in [2.45, 2.75) is 19.4 Å². The van der Waals surface area contributed by atoms with Gasteiger partial charge in [-0.15, -0.1) is 0 Å². The topological polar surface area (TPSA) is 12.0 Å². The number of benzene rings is 2. The Morgan fingerprint density at radius 1 is 1.10 bits per heavy atom. The van der Waals surface area contributed by atoms with Gasteiger partial charge in [-0.1, -0.05) is 41.4 Å². The van der Waals surface area contributed by atoms with E-state index in [1.165, 1.54) is 6.92 Å². The summed E-state index contributed by atoms with van der Waals surface area (Å²) in [6.45, 7) is 1.53. The molecule has 0 bridgehead atoms. The van der Waals surface area contributed by atoms with Gasteiger partial charge in [0.15, 0.2) is 11.6 Å². The summed E-state index contributed by atoms with van der Waals surface area (Å²) in [5.41, 5.74) is 1.39. The highest BCUT2D eigenvalue weighted by Gasteiger charge is 2.19. The van der Waals surface area contributed by atoms with Gasteiger partial charge in [-0.2, -0.15) is 0 Å². The minimum absolute atomic E-state index is 0.284. The highest BCUT2D eigenvalue weighted by molar-refractivity contribution is 6.35. The lowest BCUT2D eigenvalue weighted by Crippen LogP contribution is -2.21. The maximum atomic E-state index is 14.1. The molecule has 2 aromatic rings. The van der Waals surface area contributed by atoms with Crippen LogP contribution in [0.4, 0.5) is 8.78 Å². The van der Waals surface area contributed by atoms with Gasteiger partial charge in [0.25, 0.3) is 0 Å². The zero-order chi connectivity index (χ0) is 15.6. The summed E-state index contributed by atoms with van der Waals surface area (Å²) in [5.74, 6) is -1.63. The number of aryl methyl sites for hydroxylation is 1. The molecule has 21 heavy (non-hydrogen) atoms. The molecule has 0 heterocycles. The number of likely N-dealkylation sites (N-methyl/N-ethyl adjacent to an activating group) is 1. The van der Waals surface area contributed by atoms with Gasteiger partial charge in [-0.3, -0.25) is 0 Å². The largest absolute Gasteiger partial charge is 0.313 e. The summed E-state index contributed by atoms with van der Waals surface area (Å²) in [6, 6.07) is 7.94. The van der Waals surface area contributed by atoms with E-state index in [4.69, 9.17) is 23.2 Å². The van der Waals surface area contributed by atoms with Crippen LogP contribution in [-0.2, 0) is 6.42 Å². The van der Waals surface area contributed by atoms with Crippen molar-refractivity contribution < 1.29 is 8.78 Å². The first-order valence-corrected chi connectivity index (χ1v) is 7.25. The van der Waals surface area contributed by atoms with E-state index in [1.54, 1.807) is 37.4 Å². The highest BCUT2D eigenvalue weighted by atomic mass is 35.5. The van der Waals surface area contributed by atoms with Crippen LogP contribution in [0.3, 0.4) is 0 Å². The van der Waals surface area contributed by atoms with Crippen molar-refractivity contribution in [2.24, 2.45) is 0 Å². The maximum Gasteiger partial charge on any atom is 0.163 e. The second-order valence-corrected chi connectivity index (χ2v) is 5.72. The predicted octanol–water partition coefficient (Wildman–Crippen LogP) is 5.08. The Morgan fingerprint density at radius 3 is 2.43 bits per heavy atom. The molecule has 0 fully saturated rings. The van der Waals surface area contributed by atoms with Crippen LogP contribution in [0.15, 0.2) is 30.3 Å². The first-order valence-electron chi connectivity index (χ1n) is 6.49. The lowest BCUT2D eigenvalue weighted by molar-refractivity contribution is 0.469. The Bertz CT molecular complexity index is 659. The summed E-state index contributed by atoms with van der Waals surface area (Å²) >= 11 is 12.0. The quantitative estimate of drug-likeness (QED) is 0.824. The van der Waals surface area contributed by atoms with Crippen LogP contribution in [0.1, 0.15) is 22.7 Å². The SMILES string of the molecule is CNC(Cc1ccc(Cl)cc1Cl)c1ccc(C)c(F)c1F. The van der Waals surface area contributed by atoms with E-state index in [0.717, 1.165) is 5.56 Å². The van der Waals surface area contributed by atoms with Crippen molar-refractivity contribution in [3.63, 3.8) is 0 Å². The third-order valence-electron chi connectivity index (χ3n) is 3.47. The van der Waals surface area contributed by atoms with Crippen LogP contribution < -0.4 is 5.32 Å². The minimum Gasteiger partial charge on any atom is -0.313 e. The number of halogens is 4. The average molecular weight is 330 g/mol. The smallest absolute Gasteiger partial charge is 0.163 e. The van der Waals surface area contributed by atoms with Crippen molar-refractivity contribution in [3.8, 4) is 0 Å². The zero-order valence-corrected chi connectivity index (χ0v) is 13.2. The van der Waals surface area contributed by atoms with Gasteiger partial charge in [0.05, 0.1) is 0 Å². The molecule has 2 rings (SSSR count). The summed E-state index contributed by atoms with van der Waals surface area (Å²) in [6.07, 6.45) is 0.436. The summed E-state index contributed by atoms with van der Waals surface area (Å²) in [4.78, 5) is 0. The molecule has 2 aromatic carbocycles. The molecule has 0 saturated carbocycles. The molecule has 0 spiro atoms. The van der Waals surface area contributed by atoms with E-state index in [0.29, 0.717) is 16.5 Å². The molecular weight excluding hydrogens is 315 g/mol. The van der Waals surface area contributed by atoms with Crippen molar-refractivity contribution in [3.05, 3.63) is 68.7 Å². The minimum atomic E-state index is -0.820. The van der Waals surface area contributed by atoms with E-state index >= 15 is 0 Å². The monoisotopic (exact) mass is 329 g/mol. The van der Waals surface area contributed by atoms with Crippen LogP contribution in [0.25, 0.3) is 0 Å². The molecule has 0 radical (unpaired) electrons. The second kappa shape index (κ2) is 6.73. The lowest BCUT2D eigenvalue weighted by Gasteiger charge is -2.19. The fourth-order valence-corrected chi connectivity index (χ4v) is 2.69. The molecule has 0 saturated heterocycles. The lowest BCUT2D eigenvalue weighted by atomic mass is 9.97. The summed E-state index contributed by atoms with van der Waals surface area (Å²) < 4.78 is 27.8. The summed E-state index contributed by atoms with van der Waals surface area (Å²) in [7, 11) is 1.70. The van der Waals surface area contributed by atoms with Crippen molar-refractivity contribution in [1.29, 1.82) is 0 Å². The molecule has 0 amide bonds. The van der Waals surface area contributed by atoms with E-state index in [-0.39, 0.29) is 17.2 Å². The number of nitrogens with one attached hydrogen (secondary N) is 1. The zero-order valence-electron chi connectivity index (χ0n) is 11.7. The Balaban J connectivity index is 2.34. The Hall–Kier alpha value is -1.16. The third kappa shape index (κ3) is 3.54. The normalized spacial score (nSPS) is 12.5. The molecule has 1 nitrogen and oxygen atoms in total. The maximum absolute atomic E-state index is 14.1. The summed E-state index contributed by atoms with van der Waals surface area (Å²) in [5, 5.41) is 4.05. The number of hydrogen-bond acceptors (Lipinski definition) is 1. The van der Waals surface area contributed by atoms with Gasteiger partial charge in [0, 0.05) is 21.7 Å². The molecule has 1 unspecified atom stereocenters. The molecule has 5 heteroatoms. The van der Waals surface area contributed by atoms with Crippen LogP contribution in [-0.4, -0.2) is 7.05 Å². The Labute approximate surface area is 132 Å². The van der Waals surface area contributed by atoms with Gasteiger partial charge >= 0.3 is 0 Å². The molecule has 0 aliphatic heterocycles. The standard InChI is InChI=1S/C16H15Cl2F2N/c1-9-3-6-12(16(20)15(9)19)14(21-2)7-10-4-5-11(17)8-13(10)18/h3-6,8,14,21H,7H2,1-2H3. The van der Waals surface area contributed by atoms with Gasteiger partial charge in [0.1, 0.15) is 0 Å². The molecule has 0 aromatic heterocycles. The van der Waals surface area contributed by atoms with E-state index in [1.807, 2.05) is 0 Å². The van der Waals surface area contributed by atoms with E-state index in [2.05, 4.69) is 5.32 Å². The first-order chi connectivity index (χ1) is 9.93. The van der Waals surface area contributed by atoms with Crippen LogP contribution >= 0.6 is 23.2 Å². The van der Waals surface area contributed by atoms with Crippen molar-refractivity contribution in [1.82, 2.24) is 5.32 Å². The molecule has 1 atom stereocenters.